The molecule has 80 valence electrons. The minimum Gasteiger partial charge on any atom is -0.304 e. The molecule has 0 amide bonds. The van der Waals surface area contributed by atoms with Gasteiger partial charge in [0.15, 0.2) is 5.65 Å². The molecule has 2 heterocycles. The summed E-state index contributed by atoms with van der Waals surface area (Å²) in [5.74, 6) is -0.447. The molecule has 0 radical (unpaired) electrons. The number of nitrogens with one attached hydrogen (secondary N) is 1. The second-order valence-corrected chi connectivity index (χ2v) is 3.67. The van der Waals surface area contributed by atoms with Gasteiger partial charge in [-0.1, -0.05) is 6.07 Å². The van der Waals surface area contributed by atoms with Crippen molar-refractivity contribution in [1.82, 2.24) is 14.4 Å². The second-order valence-electron chi connectivity index (χ2n) is 3.67. The van der Waals surface area contributed by atoms with E-state index in [1.165, 1.54) is 10.5 Å². The molecule has 5 heteroatoms. The maximum absolute atomic E-state index is 13.5. The number of H-pyrrole nitrogens is 1. The maximum Gasteiger partial charge on any atom is 0.331 e. The minimum absolute atomic E-state index is 0.200. The Labute approximate surface area is 89.4 Å². The van der Waals surface area contributed by atoms with E-state index in [1.807, 2.05) is 0 Å². The summed E-state index contributed by atoms with van der Waals surface area (Å²) in [5.41, 5.74) is 1.02. The Morgan fingerprint density at radius 3 is 3.06 bits per heavy atom. The molecule has 0 aliphatic rings. The molecule has 4 nitrogen and oxygen atoms in total. The first-order valence-electron chi connectivity index (χ1n) is 4.83. The molecular weight excluding hydrogens is 209 g/mol. The molecule has 0 unspecified atom stereocenters. The summed E-state index contributed by atoms with van der Waals surface area (Å²) < 4.78 is 14.9. The van der Waals surface area contributed by atoms with Crippen molar-refractivity contribution < 1.29 is 4.39 Å². The first kappa shape index (κ1) is 9.08. The number of fused-ring (bicyclic) bond motifs is 3. The zero-order chi connectivity index (χ0) is 11.3. The van der Waals surface area contributed by atoms with Gasteiger partial charge >= 0.3 is 5.69 Å². The number of aromatic amines is 1. The van der Waals surface area contributed by atoms with E-state index in [9.17, 15) is 9.18 Å². The van der Waals surface area contributed by atoms with E-state index in [1.54, 1.807) is 25.3 Å². The van der Waals surface area contributed by atoms with Crippen molar-refractivity contribution in [1.29, 1.82) is 0 Å². The molecule has 1 N–H and O–H groups in total. The average Bonchev–Trinajstić information content (AvgIpc) is 2.63. The summed E-state index contributed by atoms with van der Waals surface area (Å²) in [6.07, 6.45) is 1.62. The Morgan fingerprint density at radius 1 is 1.44 bits per heavy atom. The zero-order valence-corrected chi connectivity index (χ0v) is 8.49. The topological polar surface area (TPSA) is 50.2 Å². The average molecular weight is 217 g/mol. The minimum atomic E-state index is -0.447. The van der Waals surface area contributed by atoms with E-state index in [4.69, 9.17) is 0 Å². The van der Waals surface area contributed by atoms with Gasteiger partial charge < -0.3 is 4.98 Å². The predicted molar refractivity (Wildman–Crippen MR) is 58.0 cm³/mol. The molecule has 3 rings (SSSR count). The van der Waals surface area contributed by atoms with Crippen LogP contribution < -0.4 is 5.69 Å². The standard InChI is InChI=1S/C11H8FN3O/c1-6-5-15-10(13-6)7-3-2-4-8(12)9(7)14-11(15)16/h2-5H,1H3,(H,14,16). The molecule has 1 aromatic carbocycles. The van der Waals surface area contributed by atoms with E-state index in [0.717, 1.165) is 5.69 Å². The predicted octanol–water partition coefficient (Wildman–Crippen LogP) is 1.62. The van der Waals surface area contributed by atoms with Crippen LogP contribution in [-0.2, 0) is 0 Å². The van der Waals surface area contributed by atoms with Gasteiger partial charge in [0.2, 0.25) is 0 Å². The SMILES string of the molecule is Cc1cn2c(=O)[nH]c3c(F)cccc3c2n1. The van der Waals surface area contributed by atoms with Gasteiger partial charge in [-0.25, -0.2) is 14.2 Å². The summed E-state index contributed by atoms with van der Waals surface area (Å²) in [5, 5.41) is 0.604. The molecule has 0 atom stereocenters. The molecular formula is C11H8FN3O. The highest BCUT2D eigenvalue weighted by atomic mass is 19.1. The number of benzene rings is 1. The lowest BCUT2D eigenvalue weighted by Crippen LogP contribution is -2.15. The number of imidazole rings is 1. The number of nitrogens with zero attached hydrogens (tertiary/aromatic N) is 2. The third kappa shape index (κ3) is 1.08. The van der Waals surface area contributed by atoms with Gasteiger partial charge in [-0.3, -0.25) is 4.40 Å². The lowest BCUT2D eigenvalue weighted by molar-refractivity contribution is 0.636. The van der Waals surface area contributed by atoms with Gasteiger partial charge in [0.25, 0.3) is 0 Å². The van der Waals surface area contributed by atoms with Crippen molar-refractivity contribution in [2.75, 3.05) is 0 Å². The number of para-hydroxylation sites is 1. The molecule has 0 bridgehead atoms. The van der Waals surface area contributed by atoms with Crippen molar-refractivity contribution in [2.24, 2.45) is 0 Å². The van der Waals surface area contributed by atoms with Gasteiger partial charge in [0.05, 0.1) is 11.2 Å². The Balaban J connectivity index is 2.69. The first-order chi connectivity index (χ1) is 7.66. The monoisotopic (exact) mass is 217 g/mol. The maximum atomic E-state index is 13.5. The zero-order valence-electron chi connectivity index (χ0n) is 8.49. The molecule has 0 aliphatic heterocycles. The molecule has 16 heavy (non-hydrogen) atoms. The van der Waals surface area contributed by atoms with Crippen LogP contribution in [-0.4, -0.2) is 14.4 Å². The Hall–Kier alpha value is -2.17. The first-order valence-corrected chi connectivity index (χ1v) is 4.83. The van der Waals surface area contributed by atoms with Crippen molar-refractivity contribution >= 4 is 16.6 Å². The number of aromatic nitrogens is 3. The van der Waals surface area contributed by atoms with Crippen LogP contribution in [0, 0.1) is 12.7 Å². The number of rotatable bonds is 0. The summed E-state index contributed by atoms with van der Waals surface area (Å²) in [7, 11) is 0. The fraction of sp³-hybridized carbons (Fsp3) is 0.0909. The normalized spacial score (nSPS) is 11.4. The van der Waals surface area contributed by atoms with Gasteiger partial charge in [-0.05, 0) is 19.1 Å². The van der Waals surface area contributed by atoms with Gasteiger partial charge in [-0.2, -0.15) is 0 Å². The summed E-state index contributed by atoms with van der Waals surface area (Å²) >= 11 is 0. The highest BCUT2D eigenvalue weighted by Crippen LogP contribution is 2.18. The van der Waals surface area contributed by atoms with Crippen molar-refractivity contribution in [3.63, 3.8) is 0 Å². The van der Waals surface area contributed by atoms with Crippen LogP contribution in [0.25, 0.3) is 16.6 Å². The van der Waals surface area contributed by atoms with Crippen LogP contribution in [0.4, 0.5) is 4.39 Å². The van der Waals surface area contributed by atoms with Gasteiger partial charge in [0.1, 0.15) is 5.82 Å². The number of halogens is 1. The molecule has 0 aliphatic carbocycles. The smallest absolute Gasteiger partial charge is 0.304 e. The molecule has 0 saturated heterocycles. The fourth-order valence-electron chi connectivity index (χ4n) is 1.85. The van der Waals surface area contributed by atoms with E-state index < -0.39 is 5.82 Å². The Kier molecular flexibility index (Phi) is 1.65. The van der Waals surface area contributed by atoms with E-state index in [-0.39, 0.29) is 11.2 Å². The molecule has 0 fully saturated rings. The number of hydrogen-bond acceptors (Lipinski definition) is 2. The lowest BCUT2D eigenvalue weighted by atomic mass is 10.2. The third-order valence-corrected chi connectivity index (χ3v) is 2.53. The van der Waals surface area contributed by atoms with Gasteiger partial charge in [-0.15, -0.1) is 0 Å². The summed E-state index contributed by atoms with van der Waals surface area (Å²) in [4.78, 5) is 18.4. The van der Waals surface area contributed by atoms with Crippen molar-refractivity contribution in [3.05, 3.63) is 46.4 Å². The number of aryl methyl sites for hydroxylation is 1. The van der Waals surface area contributed by atoms with Crippen molar-refractivity contribution in [3.8, 4) is 0 Å². The molecule has 2 aromatic heterocycles. The summed E-state index contributed by atoms with van der Waals surface area (Å²) in [6, 6.07) is 4.64. The molecule has 3 aromatic rings. The van der Waals surface area contributed by atoms with E-state index in [0.29, 0.717) is 11.0 Å². The molecule has 0 saturated carbocycles. The van der Waals surface area contributed by atoms with Crippen LogP contribution in [0.1, 0.15) is 5.69 Å². The van der Waals surface area contributed by atoms with Crippen LogP contribution in [0.15, 0.2) is 29.2 Å². The highest BCUT2D eigenvalue weighted by molar-refractivity contribution is 5.91. The summed E-state index contributed by atoms with van der Waals surface area (Å²) in [6.45, 7) is 1.79. The van der Waals surface area contributed by atoms with E-state index in [2.05, 4.69) is 9.97 Å². The second kappa shape index (κ2) is 2.91. The quantitative estimate of drug-likeness (QED) is 0.622. The van der Waals surface area contributed by atoms with Crippen molar-refractivity contribution in [2.45, 2.75) is 6.92 Å². The highest BCUT2D eigenvalue weighted by Gasteiger charge is 2.09. The largest absolute Gasteiger partial charge is 0.331 e. The lowest BCUT2D eigenvalue weighted by Gasteiger charge is -2.00. The van der Waals surface area contributed by atoms with Crippen LogP contribution in [0.5, 0.6) is 0 Å². The van der Waals surface area contributed by atoms with Crippen LogP contribution >= 0.6 is 0 Å². The van der Waals surface area contributed by atoms with Crippen LogP contribution in [0.3, 0.4) is 0 Å². The third-order valence-electron chi connectivity index (χ3n) is 2.53. The Morgan fingerprint density at radius 2 is 2.25 bits per heavy atom. The molecule has 0 spiro atoms. The van der Waals surface area contributed by atoms with Gasteiger partial charge in [0, 0.05) is 11.6 Å². The number of hydrogen-bond donors (Lipinski definition) is 1. The fourth-order valence-corrected chi connectivity index (χ4v) is 1.85. The Bertz CT molecular complexity index is 757. The van der Waals surface area contributed by atoms with Crippen LogP contribution in [0.2, 0.25) is 0 Å². The van der Waals surface area contributed by atoms with E-state index >= 15 is 0 Å².